The Balaban J connectivity index is 0. The van der Waals surface area contributed by atoms with E-state index in [2.05, 4.69) is 18.0 Å². The maximum absolute atomic E-state index is 9.95. The molecule has 5 heteroatoms. The summed E-state index contributed by atoms with van der Waals surface area (Å²) >= 11 is 0. The third-order valence-electron chi connectivity index (χ3n) is 2.51. The molecule has 1 radical (unpaired) electrons. The zero-order valence-corrected chi connectivity index (χ0v) is 13.7. The van der Waals surface area contributed by atoms with Crippen LogP contribution in [0.5, 0.6) is 5.75 Å². The minimum Gasteiger partial charge on any atom is -0.533 e. The Bertz CT molecular complexity index is 353. The molecule has 1 rings (SSSR count). The van der Waals surface area contributed by atoms with Gasteiger partial charge in [0.15, 0.2) is 0 Å². The van der Waals surface area contributed by atoms with Crippen LogP contribution in [0.3, 0.4) is 0 Å². The summed E-state index contributed by atoms with van der Waals surface area (Å²) in [4.78, 5) is 0. The Morgan fingerprint density at radius 3 is 2.05 bits per heavy atom. The number of para-hydroxylation sites is 1. The number of rotatable bonds is 8. The first-order valence-corrected chi connectivity index (χ1v) is 7.82. The topological polar surface area (TPSA) is 43.4 Å². The standard InChI is InChI=1S/C9H19.C6H5O3S.Cu/c1-3-5-7-9-8-6-4-2;7-10(8)9-6-4-2-1-3-5-6;/h1,3-9H2,2H3;1-5H;/q2*-1;+2. The van der Waals surface area contributed by atoms with Crippen molar-refractivity contribution in [2.75, 3.05) is 0 Å². The van der Waals surface area contributed by atoms with Crippen LogP contribution in [0.4, 0.5) is 0 Å². The average Bonchev–Trinajstić information content (AvgIpc) is 2.40. The van der Waals surface area contributed by atoms with Crippen molar-refractivity contribution >= 4 is 11.0 Å². The van der Waals surface area contributed by atoms with Gasteiger partial charge in [-0.05, 0) is 12.1 Å². The van der Waals surface area contributed by atoms with Crippen molar-refractivity contribution in [2.24, 2.45) is 0 Å². The van der Waals surface area contributed by atoms with Crippen molar-refractivity contribution in [2.45, 2.75) is 51.9 Å². The van der Waals surface area contributed by atoms with E-state index in [9.17, 15) is 8.42 Å². The Kier molecular flexibility index (Phi) is 18.0. The molecule has 0 aliphatic carbocycles. The van der Waals surface area contributed by atoms with Crippen molar-refractivity contribution in [1.29, 1.82) is 0 Å². The van der Waals surface area contributed by atoms with Gasteiger partial charge >= 0.3 is 17.1 Å². The Morgan fingerprint density at radius 2 is 1.55 bits per heavy atom. The van der Waals surface area contributed by atoms with Gasteiger partial charge in [0.05, 0.1) is 0 Å². The molecule has 0 saturated carbocycles. The molecule has 3 nitrogen and oxygen atoms in total. The maximum atomic E-state index is 9.95. The summed E-state index contributed by atoms with van der Waals surface area (Å²) < 4.78 is 24.2. The molecule has 1 aromatic carbocycles. The molecular weight excluding hydrogens is 324 g/mol. The molecule has 0 aliphatic heterocycles. The van der Waals surface area contributed by atoms with Crippen LogP contribution < -0.4 is 4.18 Å². The first-order chi connectivity index (χ1) is 9.20. The van der Waals surface area contributed by atoms with Gasteiger partial charge in [0.25, 0.3) is 0 Å². The van der Waals surface area contributed by atoms with Gasteiger partial charge < -0.3 is 19.5 Å². The molecule has 0 heterocycles. The van der Waals surface area contributed by atoms with Gasteiger partial charge in [-0.1, -0.05) is 63.6 Å². The van der Waals surface area contributed by atoms with Gasteiger partial charge in [0.1, 0.15) is 16.7 Å². The summed E-state index contributed by atoms with van der Waals surface area (Å²) in [5.41, 5.74) is 0. The van der Waals surface area contributed by atoms with Crippen molar-refractivity contribution in [3.05, 3.63) is 37.3 Å². The fraction of sp³-hybridized carbons (Fsp3) is 0.533. The molecular formula is C15H24CuO3S. The van der Waals surface area contributed by atoms with E-state index < -0.39 is 11.0 Å². The summed E-state index contributed by atoms with van der Waals surface area (Å²) in [7, 11) is -2.47. The van der Waals surface area contributed by atoms with E-state index in [1.807, 2.05) is 0 Å². The summed E-state index contributed by atoms with van der Waals surface area (Å²) in [6.45, 7) is 6.05. The van der Waals surface area contributed by atoms with Gasteiger partial charge in [-0.2, -0.15) is 6.42 Å². The summed E-state index contributed by atoms with van der Waals surface area (Å²) in [6, 6.07) is 8.30. The predicted molar refractivity (Wildman–Crippen MR) is 79.2 cm³/mol. The van der Waals surface area contributed by atoms with Gasteiger partial charge in [-0.25, -0.2) is 0 Å². The Labute approximate surface area is 135 Å². The molecule has 0 spiro atoms. The largest absolute Gasteiger partial charge is 2.00 e. The fourth-order valence-corrected chi connectivity index (χ4v) is 1.78. The Hall–Kier alpha value is -0.511. The average molecular weight is 348 g/mol. The third kappa shape index (κ3) is 15.5. The quantitative estimate of drug-likeness (QED) is 0.292. The van der Waals surface area contributed by atoms with E-state index >= 15 is 0 Å². The first-order valence-electron chi connectivity index (χ1n) is 6.82. The molecule has 0 N–H and O–H groups in total. The van der Waals surface area contributed by atoms with Crippen LogP contribution in [-0.2, 0) is 36.5 Å². The summed E-state index contributed by atoms with van der Waals surface area (Å²) in [5, 5.41) is 0. The second-order valence-corrected chi connectivity index (χ2v) is 4.80. The van der Waals surface area contributed by atoms with E-state index in [1.165, 1.54) is 38.5 Å². The van der Waals surface area contributed by atoms with E-state index in [0.29, 0.717) is 5.75 Å². The third-order valence-corrected chi connectivity index (χ3v) is 2.84. The van der Waals surface area contributed by atoms with Gasteiger partial charge in [-0.3, -0.25) is 0 Å². The SMILES string of the molecule is O=[S-](=O)Oc1ccccc1.[CH2-]CCCCCCCC.[Cu+2]. The number of hydrogen-bond acceptors (Lipinski definition) is 4. The smallest absolute Gasteiger partial charge is 0.533 e. The Morgan fingerprint density at radius 1 is 1.00 bits per heavy atom. The van der Waals surface area contributed by atoms with Crippen molar-refractivity contribution in [3.8, 4) is 5.75 Å². The normalized spacial score (nSPS) is 9.35. The van der Waals surface area contributed by atoms with Crippen LogP contribution in [0, 0.1) is 6.92 Å². The zero-order valence-electron chi connectivity index (χ0n) is 12.0. The van der Waals surface area contributed by atoms with Gasteiger partial charge in [-0.15, -0.1) is 0 Å². The van der Waals surface area contributed by atoms with Gasteiger partial charge in [0, 0.05) is 0 Å². The maximum Gasteiger partial charge on any atom is 2.00 e. The molecule has 0 saturated heterocycles. The minimum absolute atomic E-state index is 0. The minimum atomic E-state index is -2.47. The monoisotopic (exact) mass is 347 g/mol. The molecule has 1 aromatic rings. The number of benzene rings is 1. The number of unbranched alkanes of at least 4 members (excludes halogenated alkanes) is 6. The van der Waals surface area contributed by atoms with E-state index in [-0.39, 0.29) is 17.1 Å². The predicted octanol–water partition coefficient (Wildman–Crippen LogP) is 4.86. The molecule has 0 aromatic heterocycles. The van der Waals surface area contributed by atoms with Crippen molar-refractivity contribution < 1.29 is 29.7 Å². The van der Waals surface area contributed by atoms with Crippen LogP contribution in [0.2, 0.25) is 0 Å². The van der Waals surface area contributed by atoms with E-state index in [0.717, 1.165) is 6.42 Å². The van der Waals surface area contributed by atoms with Crippen LogP contribution in [0.1, 0.15) is 51.9 Å². The van der Waals surface area contributed by atoms with E-state index in [4.69, 9.17) is 0 Å². The zero-order chi connectivity index (χ0) is 14.3. The molecule has 0 atom stereocenters. The van der Waals surface area contributed by atoms with Crippen molar-refractivity contribution in [3.63, 3.8) is 0 Å². The molecule has 0 bridgehead atoms. The van der Waals surface area contributed by atoms with Crippen LogP contribution >= 0.6 is 0 Å². The fourth-order valence-electron chi connectivity index (χ4n) is 1.51. The molecule has 0 amide bonds. The molecule has 0 aliphatic rings. The van der Waals surface area contributed by atoms with Crippen LogP contribution in [-0.4, -0.2) is 0 Å². The number of hydrogen-bond donors (Lipinski definition) is 0. The second kappa shape index (κ2) is 16.5. The first kappa shape index (κ1) is 21.8. The van der Waals surface area contributed by atoms with Gasteiger partial charge in [0.2, 0.25) is 0 Å². The van der Waals surface area contributed by atoms with E-state index in [1.54, 1.807) is 30.3 Å². The molecule has 0 unspecified atom stereocenters. The second-order valence-electron chi connectivity index (χ2n) is 4.22. The molecule has 20 heavy (non-hydrogen) atoms. The van der Waals surface area contributed by atoms with Crippen LogP contribution in [0.15, 0.2) is 30.3 Å². The molecule has 0 fully saturated rings. The van der Waals surface area contributed by atoms with Crippen molar-refractivity contribution in [1.82, 2.24) is 0 Å². The van der Waals surface area contributed by atoms with Crippen LogP contribution in [0.25, 0.3) is 0 Å². The molecule has 119 valence electrons. The summed E-state index contributed by atoms with van der Waals surface area (Å²) in [6.07, 6.45) is 9.45. The summed E-state index contributed by atoms with van der Waals surface area (Å²) in [5.74, 6) is 0.329.